The van der Waals surface area contributed by atoms with Gasteiger partial charge in [-0.15, -0.1) is 0 Å². The molecule has 2 aromatic heterocycles. The van der Waals surface area contributed by atoms with E-state index in [1.807, 2.05) is 18.2 Å². The predicted octanol–water partition coefficient (Wildman–Crippen LogP) is 6.07. The highest BCUT2D eigenvalue weighted by Gasteiger charge is 2.15. The molecule has 2 heterocycles. The minimum atomic E-state index is -2.47. The molecule has 1 aromatic carbocycles. The summed E-state index contributed by atoms with van der Waals surface area (Å²) in [5.74, 6) is 1.21. The molecule has 0 saturated heterocycles. The summed E-state index contributed by atoms with van der Waals surface area (Å²) in [5.41, 5.74) is 1.76. The number of ether oxygens (including phenoxy) is 1. The molecule has 0 spiro atoms. The number of benzene rings is 1. The molecule has 3 aromatic rings. The molecule has 0 aliphatic heterocycles. The molecule has 3 N–H and O–H groups in total. The molecule has 168 valence electrons. The zero-order valence-corrected chi connectivity index (χ0v) is 18.3. The number of fused-ring (bicyclic) bond motifs is 1. The number of hydrogen-bond acceptors (Lipinski definition) is 7. The fourth-order valence-electron chi connectivity index (χ4n) is 3.67. The molecule has 1 aliphatic carbocycles. The second-order valence-electron chi connectivity index (χ2n) is 7.65. The van der Waals surface area contributed by atoms with Crippen LogP contribution in [0.4, 0.5) is 13.9 Å². The van der Waals surface area contributed by atoms with Crippen LogP contribution in [0.1, 0.15) is 37.8 Å². The zero-order chi connectivity index (χ0) is 22.3. The lowest BCUT2D eigenvalue weighted by molar-refractivity contribution is 0.151. The number of halogens is 2. The van der Waals surface area contributed by atoms with Crippen LogP contribution >= 0.6 is 11.3 Å². The normalized spacial score (nSPS) is 15.2. The molecule has 1 saturated carbocycles. The molecule has 4 rings (SSSR count). The first-order chi connectivity index (χ1) is 15.6. The average molecular weight is 458 g/mol. The van der Waals surface area contributed by atoms with Crippen LogP contribution < -0.4 is 15.4 Å². The van der Waals surface area contributed by atoms with Crippen LogP contribution in [0.3, 0.4) is 0 Å². The van der Waals surface area contributed by atoms with E-state index in [0.717, 1.165) is 21.6 Å². The molecule has 0 amide bonds. The van der Waals surface area contributed by atoms with Gasteiger partial charge in [-0.05, 0) is 31.0 Å². The summed E-state index contributed by atoms with van der Waals surface area (Å²) in [6.07, 6.45) is 7.75. The van der Waals surface area contributed by atoms with Crippen molar-refractivity contribution in [3.8, 4) is 11.5 Å². The van der Waals surface area contributed by atoms with Crippen LogP contribution in [0.5, 0.6) is 11.5 Å². The van der Waals surface area contributed by atoms with Gasteiger partial charge < -0.3 is 20.8 Å². The van der Waals surface area contributed by atoms with Crippen molar-refractivity contribution in [2.24, 2.45) is 0 Å². The maximum Gasteiger partial charge on any atom is 0.255 e. The Hall–Kier alpha value is -3.07. The highest BCUT2D eigenvalue weighted by Crippen LogP contribution is 2.33. The van der Waals surface area contributed by atoms with Crippen LogP contribution in [0.2, 0.25) is 0 Å². The molecule has 1 aliphatic rings. The van der Waals surface area contributed by atoms with Gasteiger partial charge in [-0.3, -0.25) is 4.98 Å². The standard InChI is InChI=1S/C23H25F2N5OS/c24-22(25)14-27-13-15(12-26)20-10-18(8-9-28-20)31-17-6-7-19-21(11-17)32-23(30-19)29-16-4-2-1-3-5-16/h6-13,16,22,26-27H,1-5,14H2,(H,29,30)/b15-13+,26-12?. The molecule has 9 heteroatoms. The van der Waals surface area contributed by atoms with Crippen molar-refractivity contribution in [3.05, 3.63) is 48.4 Å². The van der Waals surface area contributed by atoms with Crippen LogP contribution in [0.25, 0.3) is 15.8 Å². The Labute approximate surface area is 189 Å². The third-order valence-electron chi connectivity index (χ3n) is 5.24. The van der Waals surface area contributed by atoms with Gasteiger partial charge in [0.1, 0.15) is 11.5 Å². The number of nitrogens with zero attached hydrogens (tertiary/aromatic N) is 2. The minimum Gasteiger partial charge on any atom is -0.457 e. The Bertz CT molecular complexity index is 1090. The lowest BCUT2D eigenvalue weighted by atomic mass is 9.96. The second-order valence-corrected chi connectivity index (χ2v) is 8.68. The highest BCUT2D eigenvalue weighted by molar-refractivity contribution is 7.22. The van der Waals surface area contributed by atoms with Crippen molar-refractivity contribution in [2.75, 3.05) is 11.9 Å². The number of rotatable bonds is 9. The second kappa shape index (κ2) is 10.5. The monoisotopic (exact) mass is 457 g/mol. The molecule has 0 atom stereocenters. The molecule has 6 nitrogen and oxygen atoms in total. The number of anilines is 1. The lowest BCUT2D eigenvalue weighted by Crippen LogP contribution is -2.21. The topological polar surface area (TPSA) is 82.9 Å². The van der Waals surface area contributed by atoms with Gasteiger partial charge in [0.25, 0.3) is 6.43 Å². The Morgan fingerprint density at radius 2 is 2.00 bits per heavy atom. The maximum absolute atomic E-state index is 12.3. The number of nitrogens with one attached hydrogen (secondary N) is 3. The lowest BCUT2D eigenvalue weighted by Gasteiger charge is -2.22. The van der Waals surface area contributed by atoms with E-state index in [0.29, 0.717) is 28.8 Å². The SMILES string of the molecule is N=C/C(=C\NCC(F)F)c1cc(Oc2ccc3nc(NC4CCCCC4)sc3c2)ccn1. The van der Waals surface area contributed by atoms with Gasteiger partial charge in [-0.1, -0.05) is 30.6 Å². The van der Waals surface area contributed by atoms with Gasteiger partial charge in [0, 0.05) is 42.4 Å². The number of hydrogen-bond donors (Lipinski definition) is 3. The van der Waals surface area contributed by atoms with E-state index in [1.165, 1.54) is 38.3 Å². The van der Waals surface area contributed by atoms with Crippen molar-refractivity contribution >= 4 is 38.5 Å². The predicted molar refractivity (Wildman–Crippen MR) is 125 cm³/mol. The van der Waals surface area contributed by atoms with Gasteiger partial charge >= 0.3 is 0 Å². The molecule has 1 fully saturated rings. The van der Waals surface area contributed by atoms with Crippen LogP contribution in [-0.2, 0) is 0 Å². The van der Waals surface area contributed by atoms with Gasteiger partial charge in [0.05, 0.1) is 22.5 Å². The molecular weight excluding hydrogens is 432 g/mol. The van der Waals surface area contributed by atoms with Gasteiger partial charge in [0.2, 0.25) is 0 Å². The van der Waals surface area contributed by atoms with E-state index in [-0.39, 0.29) is 0 Å². The van der Waals surface area contributed by atoms with Gasteiger partial charge in [0.15, 0.2) is 5.13 Å². The van der Waals surface area contributed by atoms with E-state index >= 15 is 0 Å². The summed E-state index contributed by atoms with van der Waals surface area (Å²) in [5, 5.41) is 14.6. The summed E-state index contributed by atoms with van der Waals surface area (Å²) in [7, 11) is 0. The summed E-state index contributed by atoms with van der Waals surface area (Å²) < 4.78 is 31.7. The number of alkyl halides is 2. The molecule has 0 bridgehead atoms. The first-order valence-corrected chi connectivity index (χ1v) is 11.5. The van der Waals surface area contributed by atoms with Crippen LogP contribution in [-0.4, -0.2) is 35.2 Å². The third-order valence-corrected chi connectivity index (χ3v) is 6.19. The summed E-state index contributed by atoms with van der Waals surface area (Å²) in [6, 6.07) is 9.65. The molecule has 32 heavy (non-hydrogen) atoms. The van der Waals surface area contributed by atoms with Crippen molar-refractivity contribution in [3.63, 3.8) is 0 Å². The molecule has 0 unspecified atom stereocenters. The fourth-order valence-corrected chi connectivity index (χ4v) is 4.64. The van der Waals surface area contributed by atoms with Crippen molar-refractivity contribution < 1.29 is 13.5 Å². The first-order valence-electron chi connectivity index (χ1n) is 10.6. The minimum absolute atomic E-state index is 0.382. The molecular formula is C23H25F2N5OS. The Morgan fingerprint density at radius 3 is 2.78 bits per heavy atom. The molecule has 0 radical (unpaired) electrons. The third kappa shape index (κ3) is 5.79. The van der Waals surface area contributed by atoms with E-state index < -0.39 is 13.0 Å². The quantitative estimate of drug-likeness (QED) is 0.340. The number of aromatic nitrogens is 2. The van der Waals surface area contributed by atoms with E-state index in [2.05, 4.69) is 15.6 Å². The first kappa shape index (κ1) is 22.1. The Balaban J connectivity index is 1.46. The fraction of sp³-hybridized carbons (Fsp3) is 0.348. The number of thiazole rings is 1. The van der Waals surface area contributed by atoms with Gasteiger partial charge in [-0.2, -0.15) is 0 Å². The van der Waals surface area contributed by atoms with Crippen molar-refractivity contribution in [1.82, 2.24) is 15.3 Å². The largest absolute Gasteiger partial charge is 0.457 e. The maximum atomic E-state index is 12.3. The van der Waals surface area contributed by atoms with Crippen molar-refractivity contribution in [2.45, 2.75) is 44.6 Å². The summed E-state index contributed by atoms with van der Waals surface area (Å²) in [4.78, 5) is 8.91. The van der Waals surface area contributed by atoms with Crippen LogP contribution in [0, 0.1) is 5.41 Å². The smallest absolute Gasteiger partial charge is 0.255 e. The van der Waals surface area contributed by atoms with Crippen LogP contribution in [0.15, 0.2) is 42.7 Å². The van der Waals surface area contributed by atoms with E-state index in [4.69, 9.17) is 15.1 Å². The number of allylic oxidation sites excluding steroid dienone is 1. The zero-order valence-electron chi connectivity index (χ0n) is 17.5. The highest BCUT2D eigenvalue weighted by atomic mass is 32.1. The van der Waals surface area contributed by atoms with Gasteiger partial charge in [-0.25, -0.2) is 13.8 Å². The average Bonchev–Trinajstić information content (AvgIpc) is 3.19. The Kier molecular flexibility index (Phi) is 7.26. The van der Waals surface area contributed by atoms with E-state index in [1.54, 1.807) is 29.7 Å². The summed E-state index contributed by atoms with van der Waals surface area (Å²) in [6.45, 7) is -0.486. The number of pyridine rings is 1. The van der Waals surface area contributed by atoms with Crippen molar-refractivity contribution in [1.29, 1.82) is 5.41 Å². The summed E-state index contributed by atoms with van der Waals surface area (Å²) >= 11 is 1.62. The Morgan fingerprint density at radius 1 is 1.19 bits per heavy atom. The van der Waals surface area contributed by atoms with E-state index in [9.17, 15) is 8.78 Å².